The van der Waals surface area contributed by atoms with E-state index in [1.807, 2.05) is 12.1 Å². The fourth-order valence-electron chi connectivity index (χ4n) is 5.90. The predicted molar refractivity (Wildman–Crippen MR) is 94.9 cm³/mol. The SMILES string of the molecule is COOC(=O)[C@@H]1C=CC[C@@H]2[C@@]3(C)C[C@@H](c4ccoc4)OC(=O)[C@H]3CC[C@]21C. The molecule has 0 radical (unpaired) electrons. The van der Waals surface area contributed by atoms with Gasteiger partial charge in [0.25, 0.3) is 0 Å². The number of hydrogen-bond donors (Lipinski definition) is 0. The second kappa shape index (κ2) is 6.51. The Balaban J connectivity index is 1.69. The molecule has 146 valence electrons. The second-order valence-electron chi connectivity index (χ2n) is 8.55. The lowest BCUT2D eigenvalue weighted by atomic mass is 9.45. The molecule has 6 nitrogen and oxygen atoms in total. The van der Waals surface area contributed by atoms with Crippen LogP contribution in [0.2, 0.25) is 0 Å². The zero-order valence-electron chi connectivity index (χ0n) is 16.0. The summed E-state index contributed by atoms with van der Waals surface area (Å²) in [6.07, 6.45) is 9.98. The van der Waals surface area contributed by atoms with Crippen molar-refractivity contribution in [1.29, 1.82) is 0 Å². The summed E-state index contributed by atoms with van der Waals surface area (Å²) in [5.41, 5.74) is 0.339. The number of esters is 1. The topological polar surface area (TPSA) is 75.0 Å². The Morgan fingerprint density at radius 3 is 2.81 bits per heavy atom. The largest absolute Gasteiger partial charge is 0.472 e. The molecule has 1 aliphatic heterocycles. The van der Waals surface area contributed by atoms with Gasteiger partial charge >= 0.3 is 11.9 Å². The number of carbonyl (C=O) groups is 2. The number of rotatable bonds is 3. The quantitative estimate of drug-likeness (QED) is 0.345. The van der Waals surface area contributed by atoms with Crippen LogP contribution < -0.4 is 0 Å². The molecule has 27 heavy (non-hydrogen) atoms. The molecular formula is C21H26O6. The smallest absolute Gasteiger partial charge is 0.349 e. The average Bonchev–Trinajstić information content (AvgIpc) is 3.15. The number of fused-ring (bicyclic) bond motifs is 3. The van der Waals surface area contributed by atoms with E-state index in [4.69, 9.17) is 14.0 Å². The van der Waals surface area contributed by atoms with Crippen LogP contribution in [0.15, 0.2) is 35.2 Å². The summed E-state index contributed by atoms with van der Waals surface area (Å²) >= 11 is 0. The van der Waals surface area contributed by atoms with E-state index in [0.717, 1.165) is 24.8 Å². The van der Waals surface area contributed by atoms with E-state index in [0.29, 0.717) is 6.42 Å². The van der Waals surface area contributed by atoms with Crippen molar-refractivity contribution in [2.45, 2.75) is 45.6 Å². The Hall–Kier alpha value is -2.08. The first-order chi connectivity index (χ1) is 12.9. The van der Waals surface area contributed by atoms with Crippen molar-refractivity contribution < 1.29 is 28.5 Å². The molecule has 2 heterocycles. The molecular weight excluding hydrogens is 348 g/mol. The number of carbonyl (C=O) groups excluding carboxylic acids is 2. The van der Waals surface area contributed by atoms with Gasteiger partial charge in [0.1, 0.15) is 6.10 Å². The van der Waals surface area contributed by atoms with Crippen LogP contribution in [0.4, 0.5) is 0 Å². The molecule has 0 amide bonds. The lowest BCUT2D eigenvalue weighted by Gasteiger charge is -2.60. The van der Waals surface area contributed by atoms with Gasteiger partial charge in [-0.2, -0.15) is 4.89 Å². The van der Waals surface area contributed by atoms with Crippen LogP contribution in [0, 0.1) is 28.6 Å². The van der Waals surface area contributed by atoms with Gasteiger partial charge in [0.2, 0.25) is 0 Å². The lowest BCUT2D eigenvalue weighted by molar-refractivity contribution is -0.264. The molecule has 1 aromatic heterocycles. The highest BCUT2D eigenvalue weighted by Crippen LogP contribution is 2.64. The van der Waals surface area contributed by atoms with Gasteiger partial charge < -0.3 is 9.15 Å². The molecule has 0 spiro atoms. The molecule has 6 atom stereocenters. The third-order valence-corrected chi connectivity index (χ3v) is 7.27. The van der Waals surface area contributed by atoms with Gasteiger partial charge in [-0.25, -0.2) is 4.79 Å². The molecule has 6 heteroatoms. The maximum Gasteiger partial charge on any atom is 0.349 e. The first kappa shape index (κ1) is 18.3. The number of allylic oxidation sites excluding steroid dienone is 1. The maximum absolute atomic E-state index is 12.9. The van der Waals surface area contributed by atoms with Gasteiger partial charge in [0.15, 0.2) is 0 Å². The minimum atomic E-state index is -0.376. The Bertz CT molecular complexity index is 753. The third-order valence-electron chi connectivity index (χ3n) is 7.27. The minimum Gasteiger partial charge on any atom is -0.472 e. The van der Waals surface area contributed by atoms with E-state index < -0.39 is 0 Å². The van der Waals surface area contributed by atoms with Crippen molar-refractivity contribution in [3.63, 3.8) is 0 Å². The van der Waals surface area contributed by atoms with Crippen molar-refractivity contribution in [3.8, 4) is 0 Å². The van der Waals surface area contributed by atoms with E-state index in [9.17, 15) is 9.59 Å². The van der Waals surface area contributed by atoms with Crippen LogP contribution >= 0.6 is 0 Å². The molecule has 2 fully saturated rings. The third kappa shape index (κ3) is 2.73. The molecule has 2 aliphatic carbocycles. The predicted octanol–water partition coefficient (Wildman–Crippen LogP) is 3.99. The first-order valence-corrected chi connectivity index (χ1v) is 9.54. The van der Waals surface area contributed by atoms with Gasteiger partial charge in [0, 0.05) is 5.56 Å². The number of furan rings is 1. The molecule has 1 saturated heterocycles. The van der Waals surface area contributed by atoms with Crippen LogP contribution in [-0.2, 0) is 24.1 Å². The van der Waals surface area contributed by atoms with Crippen molar-refractivity contribution in [3.05, 3.63) is 36.3 Å². The Morgan fingerprint density at radius 1 is 1.30 bits per heavy atom. The lowest BCUT2D eigenvalue weighted by Crippen LogP contribution is -2.58. The van der Waals surface area contributed by atoms with Crippen LogP contribution in [-0.4, -0.2) is 19.0 Å². The molecule has 4 rings (SSSR count). The van der Waals surface area contributed by atoms with Crippen molar-refractivity contribution in [2.24, 2.45) is 28.6 Å². The number of hydrogen-bond acceptors (Lipinski definition) is 6. The summed E-state index contributed by atoms with van der Waals surface area (Å²) in [6.45, 7) is 4.34. The molecule has 3 aliphatic rings. The highest BCUT2D eigenvalue weighted by atomic mass is 17.2. The zero-order valence-corrected chi connectivity index (χ0v) is 16.0. The summed E-state index contributed by atoms with van der Waals surface area (Å²) in [6, 6.07) is 1.85. The summed E-state index contributed by atoms with van der Waals surface area (Å²) in [7, 11) is 1.34. The highest BCUT2D eigenvalue weighted by molar-refractivity contribution is 5.77. The average molecular weight is 374 g/mol. The van der Waals surface area contributed by atoms with Gasteiger partial charge in [-0.05, 0) is 48.5 Å². The van der Waals surface area contributed by atoms with Crippen molar-refractivity contribution in [1.82, 2.24) is 0 Å². The molecule has 1 saturated carbocycles. The molecule has 0 unspecified atom stereocenters. The van der Waals surface area contributed by atoms with E-state index in [-0.39, 0.29) is 46.6 Å². The van der Waals surface area contributed by atoms with Crippen molar-refractivity contribution in [2.75, 3.05) is 7.11 Å². The summed E-state index contributed by atoms with van der Waals surface area (Å²) in [5.74, 6) is -0.857. The number of cyclic esters (lactones) is 1. The van der Waals surface area contributed by atoms with Gasteiger partial charge in [0.05, 0.1) is 31.5 Å². The molecule has 0 N–H and O–H groups in total. The normalized spacial score (nSPS) is 40.6. The standard InChI is InChI=1S/C21H26O6/c1-20-9-7-15-18(22)26-16(13-8-10-25-12-13)11-21(15,2)17(20)6-4-5-14(20)19(23)27-24-3/h4-5,8,10,12,14-17H,6-7,9,11H2,1-3H3/t14-,15+,16-,17-,20-,21-/m0/s1. The molecule has 1 aromatic rings. The van der Waals surface area contributed by atoms with Crippen molar-refractivity contribution >= 4 is 11.9 Å². The summed E-state index contributed by atoms with van der Waals surface area (Å²) < 4.78 is 11.0. The van der Waals surface area contributed by atoms with Crippen LogP contribution in [0.5, 0.6) is 0 Å². The second-order valence-corrected chi connectivity index (χ2v) is 8.55. The molecule has 0 aromatic carbocycles. The minimum absolute atomic E-state index is 0.137. The van der Waals surface area contributed by atoms with E-state index in [2.05, 4.69) is 24.8 Å². The van der Waals surface area contributed by atoms with Gasteiger partial charge in [-0.3, -0.25) is 9.68 Å². The monoisotopic (exact) mass is 374 g/mol. The molecule has 0 bridgehead atoms. The van der Waals surface area contributed by atoms with Crippen LogP contribution in [0.3, 0.4) is 0 Å². The fraction of sp³-hybridized carbons (Fsp3) is 0.619. The van der Waals surface area contributed by atoms with Gasteiger partial charge in [-0.15, -0.1) is 0 Å². The Kier molecular flexibility index (Phi) is 4.41. The Labute approximate surface area is 158 Å². The first-order valence-electron chi connectivity index (χ1n) is 9.54. The Morgan fingerprint density at radius 2 is 2.11 bits per heavy atom. The zero-order chi connectivity index (χ0) is 19.2. The van der Waals surface area contributed by atoms with E-state index in [1.165, 1.54) is 7.11 Å². The summed E-state index contributed by atoms with van der Waals surface area (Å²) in [5, 5.41) is 0. The van der Waals surface area contributed by atoms with Gasteiger partial charge in [-0.1, -0.05) is 26.0 Å². The van der Waals surface area contributed by atoms with E-state index >= 15 is 0 Å². The number of ether oxygens (including phenoxy) is 1. The maximum atomic E-state index is 12.9. The summed E-state index contributed by atoms with van der Waals surface area (Å²) in [4.78, 5) is 34.9. The van der Waals surface area contributed by atoms with E-state index in [1.54, 1.807) is 12.5 Å². The fourth-order valence-corrected chi connectivity index (χ4v) is 5.90. The van der Waals surface area contributed by atoms with Crippen LogP contribution in [0.25, 0.3) is 0 Å². The highest BCUT2D eigenvalue weighted by Gasteiger charge is 2.62. The van der Waals surface area contributed by atoms with Crippen LogP contribution in [0.1, 0.15) is 51.2 Å².